The van der Waals surface area contributed by atoms with Crippen LogP contribution in [0.25, 0.3) is 0 Å². The lowest BCUT2D eigenvalue weighted by Gasteiger charge is -2.25. The molecule has 1 aromatic rings. The number of rotatable bonds is 6. The highest BCUT2D eigenvalue weighted by Gasteiger charge is 2.26. The van der Waals surface area contributed by atoms with Gasteiger partial charge in [-0.25, -0.2) is 13.1 Å². The minimum absolute atomic E-state index is 0.140. The van der Waals surface area contributed by atoms with E-state index >= 15 is 0 Å². The molecular weight excluding hydrogens is 280 g/mol. The Balaban J connectivity index is 2.10. The van der Waals surface area contributed by atoms with E-state index in [1.54, 1.807) is 17.4 Å². The van der Waals surface area contributed by atoms with Crippen molar-refractivity contribution in [2.75, 3.05) is 0 Å². The van der Waals surface area contributed by atoms with Crippen LogP contribution in [-0.2, 0) is 16.6 Å². The Bertz CT molecular complexity index is 531. The average Bonchev–Trinajstić information content (AvgIpc) is 2.63. The van der Waals surface area contributed by atoms with Gasteiger partial charge in [0.15, 0.2) is 0 Å². The fourth-order valence-electron chi connectivity index (χ4n) is 1.99. The Morgan fingerprint density at radius 1 is 1.42 bits per heavy atom. The summed E-state index contributed by atoms with van der Waals surface area (Å²) in [5.74, 6) is 0. The summed E-state index contributed by atoms with van der Waals surface area (Å²) in [6.45, 7) is 6.76. The van der Waals surface area contributed by atoms with E-state index in [1.165, 1.54) is 0 Å². The third-order valence-electron chi connectivity index (χ3n) is 3.32. The number of aryl methyl sites for hydroxylation is 1. The van der Waals surface area contributed by atoms with E-state index in [1.807, 2.05) is 6.92 Å². The average molecular weight is 302 g/mol. The quantitative estimate of drug-likeness (QED) is 0.848. The van der Waals surface area contributed by atoms with Crippen LogP contribution in [0.2, 0.25) is 0 Å². The van der Waals surface area contributed by atoms with Crippen molar-refractivity contribution >= 4 is 21.4 Å². The normalized spacial score (nSPS) is 16.8. The number of hydrogen-bond donors (Lipinski definition) is 2. The smallest absolute Gasteiger partial charge is 0.241 e. The maximum absolute atomic E-state index is 12.3. The Kier molecular flexibility index (Phi) is 4.66. The van der Waals surface area contributed by atoms with Gasteiger partial charge < -0.3 is 5.32 Å². The first kappa shape index (κ1) is 15.0. The van der Waals surface area contributed by atoms with Crippen LogP contribution in [-0.4, -0.2) is 20.5 Å². The molecule has 1 aliphatic rings. The summed E-state index contributed by atoms with van der Waals surface area (Å²) >= 11 is 1.55. The molecule has 0 radical (unpaired) electrons. The first-order valence-corrected chi connectivity index (χ1v) is 9.03. The maximum Gasteiger partial charge on any atom is 0.241 e. The summed E-state index contributed by atoms with van der Waals surface area (Å²) in [6, 6.07) is 2.34. The monoisotopic (exact) mass is 302 g/mol. The van der Waals surface area contributed by atoms with Crippen molar-refractivity contribution in [3.63, 3.8) is 0 Å². The van der Waals surface area contributed by atoms with E-state index in [0.29, 0.717) is 10.9 Å². The molecule has 1 heterocycles. The summed E-state index contributed by atoms with van der Waals surface area (Å²) in [5, 5.41) is 3.31. The van der Waals surface area contributed by atoms with Crippen LogP contribution in [0.1, 0.15) is 42.9 Å². The molecule has 2 rings (SSSR count). The van der Waals surface area contributed by atoms with Crippen LogP contribution >= 0.6 is 11.3 Å². The number of hydrogen-bond acceptors (Lipinski definition) is 4. The molecule has 19 heavy (non-hydrogen) atoms. The molecular formula is C13H22N2O2S2. The molecule has 1 aliphatic carbocycles. The van der Waals surface area contributed by atoms with Crippen LogP contribution in [0.15, 0.2) is 11.0 Å². The third-order valence-corrected chi connectivity index (χ3v) is 6.15. The van der Waals surface area contributed by atoms with Crippen molar-refractivity contribution < 1.29 is 8.42 Å². The van der Waals surface area contributed by atoms with Gasteiger partial charge >= 0.3 is 0 Å². The van der Waals surface area contributed by atoms with Gasteiger partial charge in [0.1, 0.15) is 0 Å². The Hall–Kier alpha value is -0.430. The van der Waals surface area contributed by atoms with E-state index in [-0.39, 0.29) is 6.04 Å². The molecule has 108 valence electrons. The molecule has 4 nitrogen and oxygen atoms in total. The van der Waals surface area contributed by atoms with Gasteiger partial charge in [-0.05, 0) is 25.8 Å². The maximum atomic E-state index is 12.3. The van der Waals surface area contributed by atoms with Gasteiger partial charge in [0.2, 0.25) is 10.0 Å². The van der Waals surface area contributed by atoms with Crippen molar-refractivity contribution in [2.24, 2.45) is 0 Å². The van der Waals surface area contributed by atoms with Gasteiger partial charge in [-0.15, -0.1) is 11.3 Å². The lowest BCUT2D eigenvalue weighted by Crippen LogP contribution is -2.39. The second kappa shape index (κ2) is 5.91. The Labute approximate surface area is 119 Å². The molecule has 0 amide bonds. The fraction of sp³-hybridized carbons (Fsp3) is 0.692. The van der Waals surface area contributed by atoms with Gasteiger partial charge in [-0.3, -0.25) is 0 Å². The second-order valence-electron chi connectivity index (χ2n) is 5.42. The van der Waals surface area contributed by atoms with Gasteiger partial charge in [-0.2, -0.15) is 0 Å². The molecule has 1 aromatic heterocycles. The zero-order chi connectivity index (χ0) is 14.0. The van der Waals surface area contributed by atoms with Crippen molar-refractivity contribution in [1.82, 2.24) is 10.0 Å². The zero-order valence-corrected chi connectivity index (χ0v) is 13.3. The number of sulfonamides is 1. The molecule has 0 aromatic carbocycles. The SMILES string of the molecule is Cc1sc(CNC(C)C)cc1S(=O)(=O)NC1CCC1. The van der Waals surface area contributed by atoms with E-state index in [2.05, 4.69) is 23.9 Å². The molecule has 0 bridgehead atoms. The van der Waals surface area contributed by atoms with E-state index in [4.69, 9.17) is 0 Å². The largest absolute Gasteiger partial charge is 0.310 e. The molecule has 1 fully saturated rings. The summed E-state index contributed by atoms with van der Waals surface area (Å²) in [7, 11) is -3.34. The van der Waals surface area contributed by atoms with Crippen molar-refractivity contribution in [3.05, 3.63) is 15.8 Å². The molecule has 0 spiro atoms. The first-order chi connectivity index (χ1) is 8.88. The first-order valence-electron chi connectivity index (χ1n) is 6.73. The van der Waals surface area contributed by atoms with E-state index in [9.17, 15) is 8.42 Å². The summed E-state index contributed by atoms with van der Waals surface area (Å²) < 4.78 is 27.4. The van der Waals surface area contributed by atoms with Crippen molar-refractivity contribution in [3.8, 4) is 0 Å². The molecule has 0 unspecified atom stereocenters. The lowest BCUT2D eigenvalue weighted by molar-refractivity contribution is 0.383. The Morgan fingerprint density at radius 2 is 2.11 bits per heavy atom. The summed E-state index contributed by atoms with van der Waals surface area (Å²) in [4.78, 5) is 2.39. The van der Waals surface area contributed by atoms with Crippen molar-refractivity contribution in [2.45, 2.75) is 63.6 Å². The third kappa shape index (κ3) is 3.78. The van der Waals surface area contributed by atoms with Crippen LogP contribution in [0.5, 0.6) is 0 Å². The molecule has 6 heteroatoms. The van der Waals surface area contributed by atoms with Crippen LogP contribution < -0.4 is 10.0 Å². The predicted octanol–water partition coefficient (Wildman–Crippen LogP) is 2.39. The molecule has 2 N–H and O–H groups in total. The molecule has 1 saturated carbocycles. The molecule has 0 aliphatic heterocycles. The highest BCUT2D eigenvalue weighted by atomic mass is 32.2. The summed E-state index contributed by atoms with van der Waals surface area (Å²) in [6.07, 6.45) is 3.05. The minimum Gasteiger partial charge on any atom is -0.310 e. The van der Waals surface area contributed by atoms with Gasteiger partial charge in [0.25, 0.3) is 0 Å². The number of nitrogens with one attached hydrogen (secondary N) is 2. The molecule has 0 atom stereocenters. The van der Waals surface area contributed by atoms with Crippen LogP contribution in [0.4, 0.5) is 0 Å². The van der Waals surface area contributed by atoms with Gasteiger partial charge in [0, 0.05) is 28.4 Å². The molecule has 0 saturated heterocycles. The minimum atomic E-state index is -3.34. The highest BCUT2D eigenvalue weighted by molar-refractivity contribution is 7.89. The van der Waals surface area contributed by atoms with Gasteiger partial charge in [-0.1, -0.05) is 20.3 Å². The van der Waals surface area contributed by atoms with Crippen LogP contribution in [0, 0.1) is 6.92 Å². The van der Waals surface area contributed by atoms with E-state index < -0.39 is 10.0 Å². The van der Waals surface area contributed by atoms with Gasteiger partial charge in [0.05, 0.1) is 4.90 Å². The zero-order valence-electron chi connectivity index (χ0n) is 11.7. The van der Waals surface area contributed by atoms with E-state index in [0.717, 1.165) is 35.6 Å². The topological polar surface area (TPSA) is 58.2 Å². The number of thiophene rings is 1. The second-order valence-corrected chi connectivity index (χ2v) is 8.44. The fourth-order valence-corrected chi connectivity index (χ4v) is 4.88. The summed E-state index contributed by atoms with van der Waals surface area (Å²) in [5.41, 5.74) is 0. The Morgan fingerprint density at radius 3 is 2.63 bits per heavy atom. The predicted molar refractivity (Wildman–Crippen MR) is 79.0 cm³/mol. The van der Waals surface area contributed by atoms with Crippen molar-refractivity contribution in [1.29, 1.82) is 0 Å². The van der Waals surface area contributed by atoms with Crippen LogP contribution in [0.3, 0.4) is 0 Å². The lowest BCUT2D eigenvalue weighted by atomic mass is 9.94. The standard InChI is InChI=1S/C13H22N2O2S2/c1-9(2)14-8-12-7-13(10(3)18-12)19(16,17)15-11-5-4-6-11/h7,9,11,14-15H,4-6,8H2,1-3H3. The highest BCUT2D eigenvalue weighted by Crippen LogP contribution is 2.27.